The van der Waals surface area contributed by atoms with Crippen molar-refractivity contribution in [3.05, 3.63) is 73.1 Å². The summed E-state index contributed by atoms with van der Waals surface area (Å²) in [5, 5.41) is 1.40. The van der Waals surface area contributed by atoms with Crippen LogP contribution in [0.4, 0.5) is 4.39 Å². The summed E-state index contributed by atoms with van der Waals surface area (Å²) in [6, 6.07) is 17.0. The van der Waals surface area contributed by atoms with Gasteiger partial charge in [0.05, 0.1) is 7.11 Å². The highest BCUT2D eigenvalue weighted by Crippen LogP contribution is 2.30. The number of hydrogen-bond donors (Lipinski definition) is 0. The number of benzene rings is 3. The molecule has 0 aromatic heterocycles. The first-order valence-corrected chi connectivity index (χ1v) is 7.33. The summed E-state index contributed by atoms with van der Waals surface area (Å²) in [7, 11) is 1.47. The number of fused-ring (bicyclic) bond motifs is 1. The van der Waals surface area contributed by atoms with Crippen LogP contribution in [0.5, 0.6) is 11.5 Å². The first-order chi connectivity index (χ1) is 11.2. The highest BCUT2D eigenvalue weighted by molar-refractivity contribution is 5.89. The van der Waals surface area contributed by atoms with E-state index in [1.165, 1.54) is 7.11 Å². The van der Waals surface area contributed by atoms with Crippen LogP contribution in [0.2, 0.25) is 0 Å². The minimum Gasteiger partial charge on any atom is -0.494 e. The Morgan fingerprint density at radius 3 is 2.43 bits per heavy atom. The van der Waals surface area contributed by atoms with Gasteiger partial charge in [0.2, 0.25) is 0 Å². The standard InChI is InChI=1S/C20H17FO2/c1-3-12-23-17-8-4-14(5-9-17)15-6-10-18-16(13-15)7-11-19(22-2)20(18)21/h3-11,13H,1,12H2,2H3. The minimum atomic E-state index is -0.329. The molecule has 116 valence electrons. The molecule has 0 unspecified atom stereocenters. The molecule has 0 radical (unpaired) electrons. The average molecular weight is 308 g/mol. The summed E-state index contributed by atoms with van der Waals surface area (Å²) >= 11 is 0. The van der Waals surface area contributed by atoms with E-state index in [2.05, 4.69) is 6.58 Å². The van der Waals surface area contributed by atoms with E-state index >= 15 is 0 Å². The van der Waals surface area contributed by atoms with Crippen molar-refractivity contribution in [1.29, 1.82) is 0 Å². The van der Waals surface area contributed by atoms with Gasteiger partial charge in [0, 0.05) is 5.39 Å². The van der Waals surface area contributed by atoms with Gasteiger partial charge in [-0.25, -0.2) is 4.39 Å². The van der Waals surface area contributed by atoms with Crippen molar-refractivity contribution < 1.29 is 13.9 Å². The van der Waals surface area contributed by atoms with Gasteiger partial charge in [-0.15, -0.1) is 0 Å². The van der Waals surface area contributed by atoms with E-state index in [1.54, 1.807) is 18.2 Å². The van der Waals surface area contributed by atoms with Gasteiger partial charge in [-0.3, -0.25) is 0 Å². The Kier molecular flexibility index (Phi) is 4.29. The van der Waals surface area contributed by atoms with E-state index < -0.39 is 0 Å². The molecule has 3 heteroatoms. The van der Waals surface area contributed by atoms with Crippen molar-refractivity contribution in [3.63, 3.8) is 0 Å². The topological polar surface area (TPSA) is 18.5 Å². The zero-order valence-corrected chi connectivity index (χ0v) is 12.9. The normalized spacial score (nSPS) is 10.5. The molecule has 0 bridgehead atoms. The molecule has 0 aliphatic rings. The molecule has 0 aliphatic carbocycles. The highest BCUT2D eigenvalue weighted by Gasteiger charge is 2.08. The molecule has 2 nitrogen and oxygen atoms in total. The van der Waals surface area contributed by atoms with Gasteiger partial charge in [-0.05, 0) is 40.8 Å². The summed E-state index contributed by atoms with van der Waals surface area (Å²) in [6.45, 7) is 4.11. The lowest BCUT2D eigenvalue weighted by Crippen LogP contribution is -1.92. The van der Waals surface area contributed by atoms with E-state index in [4.69, 9.17) is 9.47 Å². The number of rotatable bonds is 5. The van der Waals surface area contributed by atoms with Crippen LogP contribution in [0.25, 0.3) is 21.9 Å². The van der Waals surface area contributed by atoms with Gasteiger partial charge >= 0.3 is 0 Å². The number of ether oxygens (including phenoxy) is 2. The van der Waals surface area contributed by atoms with Gasteiger partial charge in [0.15, 0.2) is 11.6 Å². The predicted molar refractivity (Wildman–Crippen MR) is 91.6 cm³/mol. The predicted octanol–water partition coefficient (Wildman–Crippen LogP) is 5.22. The lowest BCUT2D eigenvalue weighted by atomic mass is 10.0. The van der Waals surface area contributed by atoms with Crippen molar-refractivity contribution in [2.24, 2.45) is 0 Å². The molecule has 0 amide bonds. The molecule has 0 N–H and O–H groups in total. The van der Waals surface area contributed by atoms with Crippen molar-refractivity contribution in [3.8, 4) is 22.6 Å². The lowest BCUT2D eigenvalue weighted by Gasteiger charge is -2.09. The second kappa shape index (κ2) is 6.53. The summed E-state index contributed by atoms with van der Waals surface area (Å²) < 4.78 is 24.7. The lowest BCUT2D eigenvalue weighted by molar-refractivity contribution is 0.363. The van der Waals surface area contributed by atoms with Crippen molar-refractivity contribution in [1.82, 2.24) is 0 Å². The Bertz CT molecular complexity index is 838. The number of halogens is 1. The van der Waals surface area contributed by atoms with E-state index in [1.807, 2.05) is 42.5 Å². The van der Waals surface area contributed by atoms with E-state index in [-0.39, 0.29) is 11.6 Å². The maximum atomic E-state index is 14.2. The molecule has 0 saturated carbocycles. The monoisotopic (exact) mass is 308 g/mol. The Morgan fingerprint density at radius 2 is 1.74 bits per heavy atom. The van der Waals surface area contributed by atoms with E-state index in [0.29, 0.717) is 12.0 Å². The van der Waals surface area contributed by atoms with E-state index in [0.717, 1.165) is 22.3 Å². The van der Waals surface area contributed by atoms with Crippen LogP contribution in [0.3, 0.4) is 0 Å². The molecular formula is C20H17FO2. The summed E-state index contributed by atoms with van der Waals surface area (Å²) in [6.07, 6.45) is 1.71. The van der Waals surface area contributed by atoms with Crippen LogP contribution >= 0.6 is 0 Å². The molecular weight excluding hydrogens is 291 g/mol. The highest BCUT2D eigenvalue weighted by atomic mass is 19.1. The van der Waals surface area contributed by atoms with Crippen molar-refractivity contribution in [2.75, 3.05) is 13.7 Å². The van der Waals surface area contributed by atoms with E-state index in [9.17, 15) is 4.39 Å². The average Bonchev–Trinajstić information content (AvgIpc) is 2.60. The molecule has 0 fully saturated rings. The Labute approximate surface area is 134 Å². The largest absolute Gasteiger partial charge is 0.494 e. The second-order valence-electron chi connectivity index (χ2n) is 5.14. The molecule has 0 heterocycles. The fraction of sp³-hybridized carbons (Fsp3) is 0.100. The molecule has 0 aliphatic heterocycles. The van der Waals surface area contributed by atoms with Gasteiger partial charge in [0.1, 0.15) is 12.4 Å². The Balaban J connectivity index is 1.95. The SMILES string of the molecule is C=CCOc1ccc(-c2ccc3c(F)c(OC)ccc3c2)cc1. The van der Waals surface area contributed by atoms with Crippen molar-refractivity contribution >= 4 is 10.8 Å². The van der Waals surface area contributed by atoms with Gasteiger partial charge < -0.3 is 9.47 Å². The van der Waals surface area contributed by atoms with Crippen LogP contribution in [0.15, 0.2) is 67.3 Å². The Morgan fingerprint density at radius 1 is 1.00 bits per heavy atom. The van der Waals surface area contributed by atoms with Crippen LogP contribution in [-0.2, 0) is 0 Å². The van der Waals surface area contributed by atoms with Crippen LogP contribution < -0.4 is 9.47 Å². The zero-order chi connectivity index (χ0) is 16.2. The quantitative estimate of drug-likeness (QED) is 0.602. The molecule has 3 aromatic carbocycles. The third-order valence-corrected chi connectivity index (χ3v) is 3.69. The van der Waals surface area contributed by atoms with Gasteiger partial charge in [-0.1, -0.05) is 43.0 Å². The first kappa shape index (κ1) is 15.1. The summed E-state index contributed by atoms with van der Waals surface area (Å²) in [5.41, 5.74) is 2.08. The Hall–Kier alpha value is -2.81. The minimum absolute atomic E-state index is 0.258. The van der Waals surface area contributed by atoms with Gasteiger partial charge in [0.25, 0.3) is 0 Å². The molecule has 0 spiro atoms. The van der Waals surface area contributed by atoms with Crippen LogP contribution in [0, 0.1) is 5.82 Å². The third-order valence-electron chi connectivity index (χ3n) is 3.69. The number of methoxy groups -OCH3 is 1. The molecule has 3 aromatic rings. The first-order valence-electron chi connectivity index (χ1n) is 7.33. The fourth-order valence-electron chi connectivity index (χ4n) is 2.51. The second-order valence-corrected chi connectivity index (χ2v) is 5.14. The smallest absolute Gasteiger partial charge is 0.172 e. The van der Waals surface area contributed by atoms with Crippen LogP contribution in [-0.4, -0.2) is 13.7 Å². The third kappa shape index (κ3) is 3.04. The zero-order valence-electron chi connectivity index (χ0n) is 12.9. The number of hydrogen-bond acceptors (Lipinski definition) is 2. The molecule has 0 atom stereocenters. The molecule has 0 saturated heterocycles. The fourth-order valence-corrected chi connectivity index (χ4v) is 2.51. The molecule has 23 heavy (non-hydrogen) atoms. The molecule has 3 rings (SSSR count). The maximum Gasteiger partial charge on any atom is 0.172 e. The summed E-state index contributed by atoms with van der Waals surface area (Å²) in [4.78, 5) is 0. The maximum absolute atomic E-state index is 14.2. The van der Waals surface area contributed by atoms with Gasteiger partial charge in [-0.2, -0.15) is 0 Å². The van der Waals surface area contributed by atoms with Crippen molar-refractivity contribution in [2.45, 2.75) is 0 Å². The van der Waals surface area contributed by atoms with Crippen LogP contribution in [0.1, 0.15) is 0 Å². The summed E-state index contributed by atoms with van der Waals surface area (Å²) in [5.74, 6) is 0.726.